The molecular weight excluding hydrogens is 532 g/mol. The number of nitrogens with one attached hydrogen (secondary N) is 1. The van der Waals surface area contributed by atoms with Crippen LogP contribution < -0.4 is 14.9 Å². The molecule has 6 nitrogen and oxygen atoms in total. The number of carbonyl (C=O) groups is 2. The fourth-order valence-electron chi connectivity index (χ4n) is 3.43. The average Bonchev–Trinajstić information content (AvgIpc) is 2.91. The highest BCUT2D eigenvalue weighted by atomic mass is 79.9. The number of rotatable bonds is 8. The van der Waals surface area contributed by atoms with Gasteiger partial charge in [0.1, 0.15) is 11.5 Å². The number of aryl methyl sites for hydroxylation is 1. The van der Waals surface area contributed by atoms with Crippen molar-refractivity contribution in [2.45, 2.75) is 20.0 Å². The topological polar surface area (TPSA) is 77.0 Å². The molecule has 0 bridgehead atoms. The summed E-state index contributed by atoms with van der Waals surface area (Å²) in [5.74, 6) is -0.0175. The van der Waals surface area contributed by atoms with Crippen molar-refractivity contribution in [3.05, 3.63) is 118 Å². The first kappa shape index (κ1) is 25.9. The number of carbonyl (C=O) groups excluding carboxylic acids is 2. The number of hydrogen-bond acceptors (Lipinski definition) is 5. The van der Waals surface area contributed by atoms with Crippen molar-refractivity contribution in [1.82, 2.24) is 5.43 Å². The molecule has 0 unspecified atom stereocenters. The molecule has 0 spiro atoms. The van der Waals surface area contributed by atoms with Gasteiger partial charge < -0.3 is 9.47 Å². The largest absolute Gasteiger partial charge is 0.481 e. The molecule has 0 aliphatic heterocycles. The summed E-state index contributed by atoms with van der Waals surface area (Å²) < 4.78 is 12.1. The molecule has 37 heavy (non-hydrogen) atoms. The van der Waals surface area contributed by atoms with Crippen LogP contribution in [0.15, 0.2) is 107 Å². The van der Waals surface area contributed by atoms with Crippen molar-refractivity contribution in [3.63, 3.8) is 0 Å². The second-order valence-corrected chi connectivity index (χ2v) is 9.24. The Morgan fingerprint density at radius 3 is 2.27 bits per heavy atom. The molecule has 1 atom stereocenters. The van der Waals surface area contributed by atoms with Crippen molar-refractivity contribution in [3.8, 4) is 22.6 Å². The SMILES string of the molecule is Cc1ccc(C(=O)Oc2ccc(Br)cc2/C=N\NC(=O)[C@H](C)Oc2ccc(-c3ccccc3)cc2)cc1. The van der Waals surface area contributed by atoms with Gasteiger partial charge >= 0.3 is 5.97 Å². The summed E-state index contributed by atoms with van der Waals surface area (Å²) in [5.41, 5.74) is 6.64. The molecule has 0 aromatic heterocycles. The van der Waals surface area contributed by atoms with Gasteiger partial charge in [-0.05, 0) is 67.4 Å². The van der Waals surface area contributed by atoms with E-state index in [2.05, 4.69) is 26.5 Å². The Kier molecular flexibility index (Phi) is 8.48. The van der Waals surface area contributed by atoms with Crippen LogP contribution in [0, 0.1) is 6.92 Å². The zero-order valence-corrected chi connectivity index (χ0v) is 21.9. The van der Waals surface area contributed by atoms with E-state index in [4.69, 9.17) is 9.47 Å². The fourth-order valence-corrected chi connectivity index (χ4v) is 3.81. The molecule has 1 N–H and O–H groups in total. The molecule has 4 aromatic rings. The molecule has 0 aliphatic carbocycles. The number of ether oxygens (including phenoxy) is 2. The molecule has 0 saturated carbocycles. The summed E-state index contributed by atoms with van der Waals surface area (Å²) in [6, 6.07) is 29.8. The van der Waals surface area contributed by atoms with Gasteiger partial charge in [-0.1, -0.05) is 76.1 Å². The smallest absolute Gasteiger partial charge is 0.343 e. The molecule has 0 saturated heterocycles. The molecule has 0 radical (unpaired) electrons. The van der Waals surface area contributed by atoms with Gasteiger partial charge in [0.15, 0.2) is 6.10 Å². The highest BCUT2D eigenvalue weighted by Gasteiger charge is 2.15. The Bertz CT molecular complexity index is 1400. The lowest BCUT2D eigenvalue weighted by atomic mass is 10.1. The van der Waals surface area contributed by atoms with Gasteiger partial charge in [0.05, 0.1) is 11.8 Å². The van der Waals surface area contributed by atoms with Gasteiger partial charge in [-0.15, -0.1) is 0 Å². The number of nitrogens with zero attached hydrogens (tertiary/aromatic N) is 1. The third-order valence-corrected chi connectivity index (χ3v) is 5.98. The maximum atomic E-state index is 12.5. The predicted molar refractivity (Wildman–Crippen MR) is 148 cm³/mol. The Labute approximate surface area is 224 Å². The molecule has 0 aliphatic rings. The van der Waals surface area contributed by atoms with E-state index >= 15 is 0 Å². The molecular formula is C30H25BrN2O4. The van der Waals surface area contributed by atoms with E-state index in [0.29, 0.717) is 22.6 Å². The lowest BCUT2D eigenvalue weighted by molar-refractivity contribution is -0.127. The van der Waals surface area contributed by atoms with E-state index in [1.165, 1.54) is 6.21 Å². The number of amides is 1. The number of esters is 1. The summed E-state index contributed by atoms with van der Waals surface area (Å²) in [7, 11) is 0. The van der Waals surface area contributed by atoms with Crippen molar-refractivity contribution in [1.29, 1.82) is 0 Å². The Morgan fingerprint density at radius 1 is 0.892 bits per heavy atom. The third-order valence-electron chi connectivity index (χ3n) is 5.48. The Hall–Kier alpha value is -4.23. The third kappa shape index (κ3) is 7.15. The van der Waals surface area contributed by atoms with E-state index in [1.807, 2.05) is 73.7 Å². The summed E-state index contributed by atoms with van der Waals surface area (Å²) >= 11 is 3.41. The summed E-state index contributed by atoms with van der Waals surface area (Å²) in [6.45, 7) is 3.59. The summed E-state index contributed by atoms with van der Waals surface area (Å²) in [4.78, 5) is 25.1. The van der Waals surface area contributed by atoms with Gasteiger partial charge in [-0.2, -0.15) is 5.10 Å². The first-order valence-electron chi connectivity index (χ1n) is 11.6. The maximum Gasteiger partial charge on any atom is 0.343 e. The molecule has 4 rings (SSSR count). The highest BCUT2D eigenvalue weighted by molar-refractivity contribution is 9.10. The van der Waals surface area contributed by atoms with E-state index in [-0.39, 0.29) is 0 Å². The minimum atomic E-state index is -0.777. The van der Waals surface area contributed by atoms with Crippen LogP contribution in [0.1, 0.15) is 28.4 Å². The first-order valence-corrected chi connectivity index (χ1v) is 12.4. The van der Waals surface area contributed by atoms with Crippen molar-refractivity contribution >= 4 is 34.0 Å². The van der Waals surface area contributed by atoms with Crippen LogP contribution in [0.5, 0.6) is 11.5 Å². The van der Waals surface area contributed by atoms with Crippen LogP contribution in [0.2, 0.25) is 0 Å². The maximum absolute atomic E-state index is 12.5. The van der Waals surface area contributed by atoms with Crippen LogP contribution in [-0.2, 0) is 4.79 Å². The highest BCUT2D eigenvalue weighted by Crippen LogP contribution is 2.24. The van der Waals surface area contributed by atoms with E-state index in [0.717, 1.165) is 21.2 Å². The molecule has 7 heteroatoms. The number of hydrogen-bond donors (Lipinski definition) is 1. The second kappa shape index (κ2) is 12.1. The van der Waals surface area contributed by atoms with Gasteiger partial charge in [-0.25, -0.2) is 10.2 Å². The summed E-state index contributed by atoms with van der Waals surface area (Å²) in [6.07, 6.45) is 0.642. The van der Waals surface area contributed by atoms with Gasteiger partial charge in [0.2, 0.25) is 0 Å². The monoisotopic (exact) mass is 556 g/mol. The van der Waals surface area contributed by atoms with Crippen LogP contribution in [0.4, 0.5) is 0 Å². The fraction of sp³-hybridized carbons (Fsp3) is 0.100. The normalized spacial score (nSPS) is 11.6. The van der Waals surface area contributed by atoms with Crippen molar-refractivity contribution in [2.75, 3.05) is 0 Å². The van der Waals surface area contributed by atoms with Gasteiger partial charge in [-0.3, -0.25) is 4.79 Å². The minimum absolute atomic E-state index is 0.314. The van der Waals surface area contributed by atoms with Crippen LogP contribution >= 0.6 is 15.9 Å². The minimum Gasteiger partial charge on any atom is -0.481 e. The quantitative estimate of drug-likeness (QED) is 0.115. The standard InChI is InChI=1S/C30H25BrN2O4/c1-20-8-10-24(11-9-20)30(35)37-28-17-14-26(31)18-25(28)19-32-33-29(34)21(2)36-27-15-12-23(13-16-27)22-6-4-3-5-7-22/h3-19,21H,1-2H3,(H,33,34)/b32-19-/t21-/m0/s1. The number of benzene rings is 4. The molecule has 0 heterocycles. The zero-order chi connectivity index (χ0) is 26.2. The molecule has 0 fully saturated rings. The number of hydrazone groups is 1. The van der Waals surface area contributed by atoms with Gasteiger partial charge in [0.25, 0.3) is 5.91 Å². The van der Waals surface area contributed by atoms with Crippen molar-refractivity contribution < 1.29 is 19.1 Å². The first-order chi connectivity index (χ1) is 17.9. The van der Waals surface area contributed by atoms with Gasteiger partial charge in [0, 0.05) is 10.0 Å². The molecule has 4 aromatic carbocycles. The average molecular weight is 557 g/mol. The Morgan fingerprint density at radius 2 is 1.57 bits per heavy atom. The van der Waals surface area contributed by atoms with Crippen LogP contribution in [-0.4, -0.2) is 24.2 Å². The van der Waals surface area contributed by atoms with E-state index < -0.39 is 18.0 Å². The van der Waals surface area contributed by atoms with E-state index in [9.17, 15) is 9.59 Å². The molecule has 186 valence electrons. The Balaban J connectivity index is 1.36. The lowest BCUT2D eigenvalue weighted by Gasteiger charge is -2.13. The number of halogens is 1. The van der Waals surface area contributed by atoms with E-state index in [1.54, 1.807) is 37.3 Å². The predicted octanol–water partition coefficient (Wildman–Crippen LogP) is 6.56. The molecule has 1 amide bonds. The van der Waals surface area contributed by atoms with Crippen LogP contribution in [0.25, 0.3) is 11.1 Å². The van der Waals surface area contributed by atoms with Crippen LogP contribution in [0.3, 0.4) is 0 Å². The second-order valence-electron chi connectivity index (χ2n) is 8.32. The zero-order valence-electron chi connectivity index (χ0n) is 20.4. The van der Waals surface area contributed by atoms with Crippen molar-refractivity contribution in [2.24, 2.45) is 5.10 Å². The summed E-state index contributed by atoms with van der Waals surface area (Å²) in [5, 5.41) is 4.03. The lowest BCUT2D eigenvalue weighted by Crippen LogP contribution is -2.33.